The Morgan fingerprint density at radius 1 is 1.73 bits per heavy atom. The molecule has 2 heterocycles. The Labute approximate surface area is 88.1 Å². The minimum atomic E-state index is -0.726. The van der Waals surface area contributed by atoms with E-state index in [1.807, 2.05) is 13.2 Å². The molecule has 1 aliphatic heterocycles. The predicted molar refractivity (Wildman–Crippen MR) is 54.6 cm³/mol. The highest BCUT2D eigenvalue weighted by atomic mass is 16.4. The second kappa shape index (κ2) is 4.02. The van der Waals surface area contributed by atoms with Gasteiger partial charge in [-0.1, -0.05) is 0 Å². The minimum Gasteiger partial charge on any atom is -0.481 e. The monoisotopic (exact) mass is 209 g/mol. The van der Waals surface area contributed by atoms with Crippen LogP contribution in [0.25, 0.3) is 0 Å². The van der Waals surface area contributed by atoms with Gasteiger partial charge in [0.05, 0.1) is 12.1 Å². The van der Waals surface area contributed by atoms with Crippen LogP contribution < -0.4 is 5.32 Å². The van der Waals surface area contributed by atoms with Crippen molar-refractivity contribution in [3.8, 4) is 0 Å². The number of rotatable bonds is 2. The van der Waals surface area contributed by atoms with E-state index < -0.39 is 5.97 Å². The second-order valence-corrected chi connectivity index (χ2v) is 3.99. The van der Waals surface area contributed by atoms with Crippen molar-refractivity contribution in [3.05, 3.63) is 18.0 Å². The molecule has 0 aliphatic carbocycles. The fraction of sp³-hybridized carbons (Fsp3) is 0.600. The van der Waals surface area contributed by atoms with Gasteiger partial charge in [-0.05, 0) is 18.5 Å². The summed E-state index contributed by atoms with van der Waals surface area (Å²) in [6, 6.07) is 0. The van der Waals surface area contributed by atoms with Crippen LogP contribution >= 0.6 is 0 Å². The molecule has 1 fully saturated rings. The Hall–Kier alpha value is -1.36. The van der Waals surface area contributed by atoms with Gasteiger partial charge in [-0.15, -0.1) is 0 Å². The van der Waals surface area contributed by atoms with Gasteiger partial charge < -0.3 is 10.4 Å². The van der Waals surface area contributed by atoms with Crippen LogP contribution in [0.2, 0.25) is 0 Å². The van der Waals surface area contributed by atoms with Gasteiger partial charge in [0, 0.05) is 25.7 Å². The molecular formula is C10H15N3O2. The molecule has 2 unspecified atom stereocenters. The normalized spacial score (nSPS) is 26.5. The number of aliphatic carboxylic acids is 1. The largest absolute Gasteiger partial charge is 0.481 e. The molecular weight excluding hydrogens is 194 g/mol. The van der Waals surface area contributed by atoms with Crippen LogP contribution in [0.15, 0.2) is 12.4 Å². The highest BCUT2D eigenvalue weighted by Gasteiger charge is 2.32. The number of nitrogens with one attached hydrogen (secondary N) is 1. The number of carboxylic acids is 1. The maximum absolute atomic E-state index is 11.1. The van der Waals surface area contributed by atoms with Crippen LogP contribution in [0.1, 0.15) is 17.9 Å². The lowest BCUT2D eigenvalue weighted by atomic mass is 9.82. The third kappa shape index (κ3) is 2.02. The summed E-state index contributed by atoms with van der Waals surface area (Å²) in [6.07, 6.45) is 4.54. The zero-order valence-corrected chi connectivity index (χ0v) is 8.68. The topological polar surface area (TPSA) is 67.2 Å². The Morgan fingerprint density at radius 2 is 2.53 bits per heavy atom. The quantitative estimate of drug-likeness (QED) is 0.730. The van der Waals surface area contributed by atoms with Crippen molar-refractivity contribution >= 4 is 5.97 Å². The van der Waals surface area contributed by atoms with E-state index in [1.54, 1.807) is 10.9 Å². The fourth-order valence-electron chi connectivity index (χ4n) is 2.15. The van der Waals surface area contributed by atoms with Gasteiger partial charge in [0.2, 0.25) is 0 Å². The van der Waals surface area contributed by atoms with Gasteiger partial charge in [0.25, 0.3) is 0 Å². The summed E-state index contributed by atoms with van der Waals surface area (Å²) in [5.74, 6) is -0.962. The summed E-state index contributed by atoms with van der Waals surface area (Å²) in [5.41, 5.74) is 1.03. The first-order chi connectivity index (χ1) is 7.18. The van der Waals surface area contributed by atoms with Gasteiger partial charge in [-0.2, -0.15) is 5.10 Å². The molecule has 0 amide bonds. The number of carboxylic acid groups (broad SMARTS) is 1. The van der Waals surface area contributed by atoms with Gasteiger partial charge >= 0.3 is 5.97 Å². The molecule has 1 aromatic rings. The Kier molecular flexibility index (Phi) is 2.73. The average molecular weight is 209 g/mol. The van der Waals surface area contributed by atoms with Crippen molar-refractivity contribution < 1.29 is 9.90 Å². The second-order valence-electron chi connectivity index (χ2n) is 3.99. The van der Waals surface area contributed by atoms with Crippen LogP contribution in [-0.2, 0) is 11.8 Å². The lowest BCUT2D eigenvalue weighted by Gasteiger charge is -2.28. The molecule has 5 heteroatoms. The minimum absolute atomic E-state index is 0.0949. The van der Waals surface area contributed by atoms with Crippen LogP contribution in [0, 0.1) is 5.92 Å². The molecule has 0 spiro atoms. The molecule has 1 saturated heterocycles. The van der Waals surface area contributed by atoms with Gasteiger partial charge in [-0.25, -0.2) is 0 Å². The summed E-state index contributed by atoms with van der Waals surface area (Å²) >= 11 is 0. The Morgan fingerprint density at radius 3 is 3.13 bits per heavy atom. The zero-order chi connectivity index (χ0) is 10.8. The zero-order valence-electron chi connectivity index (χ0n) is 8.68. The number of hydrogen-bond acceptors (Lipinski definition) is 3. The molecule has 2 rings (SSSR count). The molecule has 2 atom stereocenters. The summed E-state index contributed by atoms with van der Waals surface area (Å²) in [5, 5.41) is 16.3. The predicted octanol–water partition coefficient (Wildman–Crippen LogP) is 0.198. The van der Waals surface area contributed by atoms with Crippen molar-refractivity contribution in [1.82, 2.24) is 15.1 Å². The van der Waals surface area contributed by atoms with Crippen LogP contribution in [0.3, 0.4) is 0 Å². The summed E-state index contributed by atoms with van der Waals surface area (Å²) < 4.78 is 1.72. The number of nitrogens with zero attached hydrogens (tertiary/aromatic N) is 2. The van der Waals surface area contributed by atoms with Gasteiger partial charge in [0.15, 0.2) is 0 Å². The molecule has 0 saturated carbocycles. The molecule has 2 N–H and O–H groups in total. The average Bonchev–Trinajstić information content (AvgIpc) is 2.65. The number of piperidine rings is 1. The summed E-state index contributed by atoms with van der Waals surface area (Å²) in [6.45, 7) is 1.43. The molecule has 15 heavy (non-hydrogen) atoms. The summed E-state index contributed by atoms with van der Waals surface area (Å²) in [4.78, 5) is 11.1. The SMILES string of the molecule is Cn1cc(C2CCNCC2C(=O)O)cn1. The number of aromatic nitrogens is 2. The van der Waals surface area contributed by atoms with E-state index in [9.17, 15) is 4.79 Å². The number of aryl methyl sites for hydroxylation is 1. The third-order valence-corrected chi connectivity index (χ3v) is 2.95. The van der Waals surface area contributed by atoms with Crippen LogP contribution in [0.4, 0.5) is 0 Å². The lowest BCUT2D eigenvalue weighted by Crippen LogP contribution is -2.39. The van der Waals surface area contributed by atoms with E-state index in [0.29, 0.717) is 6.54 Å². The molecule has 0 aromatic carbocycles. The number of carbonyl (C=O) groups is 1. The van der Waals surface area contributed by atoms with Crippen molar-refractivity contribution in [1.29, 1.82) is 0 Å². The Bertz CT molecular complexity index is 361. The van der Waals surface area contributed by atoms with E-state index in [0.717, 1.165) is 18.5 Å². The highest BCUT2D eigenvalue weighted by molar-refractivity contribution is 5.71. The van der Waals surface area contributed by atoms with E-state index in [-0.39, 0.29) is 11.8 Å². The first-order valence-corrected chi connectivity index (χ1v) is 5.10. The summed E-state index contributed by atoms with van der Waals surface area (Å²) in [7, 11) is 1.85. The van der Waals surface area contributed by atoms with Crippen molar-refractivity contribution in [2.45, 2.75) is 12.3 Å². The number of hydrogen-bond donors (Lipinski definition) is 2. The molecule has 5 nitrogen and oxygen atoms in total. The first kappa shape index (κ1) is 10.2. The maximum Gasteiger partial charge on any atom is 0.308 e. The van der Waals surface area contributed by atoms with E-state index >= 15 is 0 Å². The fourth-order valence-corrected chi connectivity index (χ4v) is 2.15. The standard InChI is InChI=1S/C10H15N3O2/c1-13-6-7(4-12-13)8-2-3-11-5-9(8)10(14)15/h4,6,8-9,11H,2-3,5H2,1H3,(H,14,15). The van der Waals surface area contributed by atoms with Crippen molar-refractivity contribution in [3.63, 3.8) is 0 Å². The van der Waals surface area contributed by atoms with Gasteiger partial charge in [-0.3, -0.25) is 9.48 Å². The third-order valence-electron chi connectivity index (χ3n) is 2.95. The molecule has 0 radical (unpaired) electrons. The molecule has 0 bridgehead atoms. The molecule has 1 aliphatic rings. The van der Waals surface area contributed by atoms with E-state index in [4.69, 9.17) is 5.11 Å². The van der Waals surface area contributed by atoms with E-state index in [2.05, 4.69) is 10.4 Å². The van der Waals surface area contributed by atoms with Gasteiger partial charge in [0.1, 0.15) is 0 Å². The molecule has 82 valence electrons. The van der Waals surface area contributed by atoms with Crippen LogP contribution in [-0.4, -0.2) is 33.9 Å². The first-order valence-electron chi connectivity index (χ1n) is 5.10. The van der Waals surface area contributed by atoms with Crippen molar-refractivity contribution in [2.24, 2.45) is 13.0 Å². The maximum atomic E-state index is 11.1. The smallest absolute Gasteiger partial charge is 0.308 e. The Balaban J connectivity index is 2.21. The highest BCUT2D eigenvalue weighted by Crippen LogP contribution is 2.29. The van der Waals surface area contributed by atoms with E-state index in [1.165, 1.54) is 0 Å². The molecule has 1 aromatic heterocycles. The van der Waals surface area contributed by atoms with Crippen molar-refractivity contribution in [2.75, 3.05) is 13.1 Å². The van der Waals surface area contributed by atoms with Crippen LogP contribution in [0.5, 0.6) is 0 Å². The lowest BCUT2D eigenvalue weighted by molar-refractivity contribution is -0.142.